The van der Waals surface area contributed by atoms with E-state index in [9.17, 15) is 18.0 Å². The van der Waals surface area contributed by atoms with Gasteiger partial charge < -0.3 is 9.88 Å². The second-order valence-electron chi connectivity index (χ2n) is 6.19. The number of aromatic nitrogens is 3. The van der Waals surface area contributed by atoms with E-state index in [0.29, 0.717) is 43.7 Å². The fourth-order valence-corrected chi connectivity index (χ4v) is 3.08. The minimum atomic E-state index is -4.42. The van der Waals surface area contributed by atoms with Gasteiger partial charge >= 0.3 is 6.18 Å². The number of fused-ring (bicyclic) bond motifs is 1. The first kappa shape index (κ1) is 17.4. The van der Waals surface area contributed by atoms with Crippen LogP contribution in [-0.2, 0) is 25.6 Å². The van der Waals surface area contributed by atoms with E-state index in [0.717, 1.165) is 11.8 Å². The molecule has 3 rings (SSSR count). The van der Waals surface area contributed by atoms with Crippen molar-refractivity contribution in [3.63, 3.8) is 0 Å². The molecule has 1 aliphatic rings. The molecule has 0 spiro atoms. The van der Waals surface area contributed by atoms with Gasteiger partial charge in [-0.15, -0.1) is 0 Å². The average molecular weight is 352 g/mol. The molecule has 0 bridgehead atoms. The zero-order chi connectivity index (χ0) is 18.0. The van der Waals surface area contributed by atoms with Crippen molar-refractivity contribution in [2.75, 3.05) is 6.54 Å². The van der Waals surface area contributed by atoms with E-state index in [1.54, 1.807) is 23.0 Å². The lowest BCUT2D eigenvalue weighted by atomic mass is 9.99. The molecule has 2 aromatic rings. The minimum absolute atomic E-state index is 0.0821. The Morgan fingerprint density at radius 2 is 2.24 bits per heavy atom. The number of pyridine rings is 1. The quantitative estimate of drug-likeness (QED) is 0.920. The zero-order valence-electron chi connectivity index (χ0n) is 13.8. The number of nitrogens with zero attached hydrogens (tertiary/aromatic N) is 3. The molecule has 5 nitrogen and oxygen atoms in total. The Balaban J connectivity index is 1.62. The Labute approximate surface area is 143 Å². The number of hydrogen-bond acceptors (Lipinski definition) is 3. The van der Waals surface area contributed by atoms with Crippen molar-refractivity contribution in [1.82, 2.24) is 19.9 Å². The van der Waals surface area contributed by atoms with Gasteiger partial charge in [-0.1, -0.05) is 6.92 Å². The van der Waals surface area contributed by atoms with Crippen molar-refractivity contribution in [3.8, 4) is 0 Å². The van der Waals surface area contributed by atoms with E-state index in [-0.39, 0.29) is 11.8 Å². The molecule has 25 heavy (non-hydrogen) atoms. The van der Waals surface area contributed by atoms with E-state index in [4.69, 9.17) is 0 Å². The summed E-state index contributed by atoms with van der Waals surface area (Å²) in [6.45, 7) is 2.80. The third kappa shape index (κ3) is 3.83. The van der Waals surface area contributed by atoms with E-state index in [1.165, 1.54) is 0 Å². The maximum atomic E-state index is 12.7. The van der Waals surface area contributed by atoms with Gasteiger partial charge in [0.15, 0.2) is 5.69 Å². The molecule has 8 heteroatoms. The van der Waals surface area contributed by atoms with Crippen LogP contribution in [0.4, 0.5) is 13.2 Å². The number of amides is 1. The van der Waals surface area contributed by atoms with Crippen LogP contribution in [0.2, 0.25) is 0 Å². The normalized spacial score (nSPS) is 17.2. The molecule has 0 fully saturated rings. The second-order valence-corrected chi connectivity index (χ2v) is 6.19. The molecule has 1 amide bonds. The van der Waals surface area contributed by atoms with Crippen LogP contribution < -0.4 is 5.32 Å². The number of carbonyl (C=O) groups excluding carboxylic acids is 1. The van der Waals surface area contributed by atoms with Crippen molar-refractivity contribution in [3.05, 3.63) is 47.3 Å². The molecule has 1 atom stereocenters. The minimum Gasteiger partial charge on any atom is -0.352 e. The summed E-state index contributed by atoms with van der Waals surface area (Å²) >= 11 is 0. The largest absolute Gasteiger partial charge is 0.434 e. The van der Waals surface area contributed by atoms with Gasteiger partial charge in [-0.3, -0.25) is 9.78 Å². The highest BCUT2D eigenvalue weighted by molar-refractivity contribution is 5.95. The Kier molecular flexibility index (Phi) is 4.78. The third-order valence-corrected chi connectivity index (χ3v) is 4.46. The Hall–Kier alpha value is -2.38. The van der Waals surface area contributed by atoms with Crippen LogP contribution in [0.3, 0.4) is 0 Å². The van der Waals surface area contributed by atoms with Crippen LogP contribution in [-0.4, -0.2) is 27.0 Å². The molecule has 0 saturated carbocycles. The Bertz CT molecular complexity index is 769. The van der Waals surface area contributed by atoms with Gasteiger partial charge in [-0.2, -0.15) is 13.2 Å². The first-order valence-electron chi connectivity index (χ1n) is 8.22. The molecular weight excluding hydrogens is 333 g/mol. The number of alkyl halides is 3. The summed E-state index contributed by atoms with van der Waals surface area (Å²) in [5.74, 6) is 0.364. The standard InChI is InChI=1S/C17H19F3N4O/c1-2-12-8-21-6-5-13(12)16(25)22-7-11-3-4-15-23-14(17(18,19)20)10-24(15)9-11/h5-6,8,10-11H,2-4,7,9H2,1H3,(H,22,25)/t11-/m1/s1. The number of aryl methyl sites for hydroxylation is 2. The molecular formula is C17H19F3N4O. The number of imidazole rings is 1. The number of rotatable bonds is 4. The summed E-state index contributed by atoms with van der Waals surface area (Å²) in [4.78, 5) is 20.0. The second kappa shape index (κ2) is 6.85. The van der Waals surface area contributed by atoms with Gasteiger partial charge in [0.2, 0.25) is 0 Å². The fourth-order valence-electron chi connectivity index (χ4n) is 3.08. The molecule has 1 N–H and O–H groups in total. The summed E-state index contributed by atoms with van der Waals surface area (Å²) in [7, 11) is 0. The van der Waals surface area contributed by atoms with Crippen LogP contribution in [0.1, 0.15) is 40.8 Å². The van der Waals surface area contributed by atoms with Crippen LogP contribution in [0, 0.1) is 5.92 Å². The van der Waals surface area contributed by atoms with Gasteiger partial charge in [-0.25, -0.2) is 4.98 Å². The summed E-state index contributed by atoms with van der Waals surface area (Å²) in [6.07, 6.45) is 1.76. The summed E-state index contributed by atoms with van der Waals surface area (Å²) < 4.78 is 39.8. The topological polar surface area (TPSA) is 59.8 Å². The maximum Gasteiger partial charge on any atom is 0.434 e. The van der Waals surface area contributed by atoms with Crippen molar-refractivity contribution >= 4 is 5.91 Å². The van der Waals surface area contributed by atoms with Gasteiger partial charge in [0.1, 0.15) is 5.82 Å². The van der Waals surface area contributed by atoms with Gasteiger partial charge in [-0.05, 0) is 30.4 Å². The SMILES string of the molecule is CCc1cnccc1C(=O)NC[C@H]1CCc2nc(C(F)(F)F)cn2C1. The molecule has 0 unspecified atom stereocenters. The lowest BCUT2D eigenvalue weighted by Gasteiger charge is -2.24. The monoisotopic (exact) mass is 352 g/mol. The Morgan fingerprint density at radius 3 is 2.96 bits per heavy atom. The number of carbonyl (C=O) groups is 1. The highest BCUT2D eigenvalue weighted by Crippen LogP contribution is 2.30. The third-order valence-electron chi connectivity index (χ3n) is 4.46. The van der Waals surface area contributed by atoms with Gasteiger partial charge in [0.05, 0.1) is 0 Å². The van der Waals surface area contributed by atoms with Gasteiger partial charge in [0.25, 0.3) is 5.91 Å². The lowest BCUT2D eigenvalue weighted by molar-refractivity contribution is -0.141. The summed E-state index contributed by atoms with van der Waals surface area (Å²) in [5.41, 5.74) is 0.614. The van der Waals surface area contributed by atoms with Crippen LogP contribution in [0.25, 0.3) is 0 Å². The van der Waals surface area contributed by atoms with E-state index < -0.39 is 11.9 Å². The highest BCUT2D eigenvalue weighted by atomic mass is 19.4. The molecule has 134 valence electrons. The molecule has 3 heterocycles. The Morgan fingerprint density at radius 1 is 1.44 bits per heavy atom. The van der Waals surface area contributed by atoms with Crippen molar-refractivity contribution in [1.29, 1.82) is 0 Å². The summed E-state index contributed by atoms with van der Waals surface area (Å²) in [5, 5.41) is 2.89. The van der Waals surface area contributed by atoms with E-state index in [2.05, 4.69) is 15.3 Å². The van der Waals surface area contributed by atoms with Crippen LogP contribution in [0.5, 0.6) is 0 Å². The predicted molar refractivity (Wildman–Crippen MR) is 85.0 cm³/mol. The van der Waals surface area contributed by atoms with E-state index in [1.807, 2.05) is 6.92 Å². The number of halogens is 3. The predicted octanol–water partition coefficient (Wildman–Crippen LogP) is 2.85. The molecule has 2 aromatic heterocycles. The smallest absolute Gasteiger partial charge is 0.352 e. The first-order chi connectivity index (χ1) is 11.9. The molecule has 0 aromatic carbocycles. The van der Waals surface area contributed by atoms with E-state index >= 15 is 0 Å². The molecule has 1 aliphatic heterocycles. The molecule has 0 aliphatic carbocycles. The zero-order valence-corrected chi connectivity index (χ0v) is 13.8. The van der Waals surface area contributed by atoms with Crippen molar-refractivity contribution in [2.24, 2.45) is 5.92 Å². The average Bonchev–Trinajstić information content (AvgIpc) is 3.03. The van der Waals surface area contributed by atoms with Crippen LogP contribution in [0.15, 0.2) is 24.7 Å². The van der Waals surface area contributed by atoms with Gasteiger partial charge in [0, 0.05) is 43.7 Å². The number of hydrogen-bond donors (Lipinski definition) is 1. The summed E-state index contributed by atoms with van der Waals surface area (Å²) in [6, 6.07) is 1.68. The first-order valence-corrected chi connectivity index (χ1v) is 8.22. The van der Waals surface area contributed by atoms with Crippen molar-refractivity contribution in [2.45, 2.75) is 38.9 Å². The molecule has 0 radical (unpaired) electrons. The van der Waals surface area contributed by atoms with Crippen molar-refractivity contribution < 1.29 is 18.0 Å². The van der Waals surface area contributed by atoms with Crippen LogP contribution >= 0.6 is 0 Å². The highest BCUT2D eigenvalue weighted by Gasteiger charge is 2.35. The number of nitrogens with one attached hydrogen (secondary N) is 1. The lowest BCUT2D eigenvalue weighted by Crippen LogP contribution is -2.34. The maximum absolute atomic E-state index is 12.7. The fraction of sp³-hybridized carbons (Fsp3) is 0.471. The molecule has 0 saturated heterocycles.